The van der Waals surface area contributed by atoms with Crippen LogP contribution in [0.4, 0.5) is 0 Å². The summed E-state index contributed by atoms with van der Waals surface area (Å²) in [6.45, 7) is 4.95. The van der Waals surface area contributed by atoms with Crippen LogP contribution in [0.2, 0.25) is 0 Å². The maximum absolute atomic E-state index is 10.8. The lowest BCUT2D eigenvalue weighted by atomic mass is 10.1. The molecule has 0 aliphatic heterocycles. The number of rotatable bonds is 13. The van der Waals surface area contributed by atoms with E-state index in [0.29, 0.717) is 12.4 Å². The highest BCUT2D eigenvalue weighted by atomic mass is 16.7. The van der Waals surface area contributed by atoms with Gasteiger partial charge < -0.3 is 14.6 Å². The third-order valence-corrected chi connectivity index (χ3v) is 3.75. The summed E-state index contributed by atoms with van der Waals surface area (Å²) in [7, 11) is 0. The fourth-order valence-electron chi connectivity index (χ4n) is 2.34. The highest BCUT2D eigenvalue weighted by molar-refractivity contribution is 5.87. The molecule has 1 rings (SSSR count). The number of unbranched alkanes of at least 4 members (excludes halogenated alkanes) is 6. The van der Waals surface area contributed by atoms with Gasteiger partial charge in [-0.2, -0.15) is 0 Å². The average molecular weight is 322 g/mol. The standard InChI is InChI=1S/C19H30O4/c1-3-5-6-7-8-9-10-15-22-18(4-2)23-17-13-11-16(12-14-17)19(20)21/h11-14,18H,3-10,15H2,1-2H3,(H,20,21). The van der Waals surface area contributed by atoms with Crippen molar-refractivity contribution in [1.82, 2.24) is 0 Å². The maximum atomic E-state index is 10.8. The van der Waals surface area contributed by atoms with Crippen LogP contribution in [0.1, 0.15) is 75.6 Å². The lowest BCUT2D eigenvalue weighted by Gasteiger charge is -2.18. The largest absolute Gasteiger partial charge is 0.478 e. The van der Waals surface area contributed by atoms with E-state index in [1.54, 1.807) is 24.3 Å². The molecule has 0 spiro atoms. The lowest BCUT2D eigenvalue weighted by Crippen LogP contribution is -2.20. The summed E-state index contributed by atoms with van der Waals surface area (Å²) in [6.07, 6.45) is 9.30. The molecule has 0 aliphatic carbocycles. The Kier molecular flexibility index (Phi) is 10.1. The van der Waals surface area contributed by atoms with Gasteiger partial charge in [-0.05, 0) is 30.7 Å². The highest BCUT2D eigenvalue weighted by Crippen LogP contribution is 2.16. The Morgan fingerprint density at radius 2 is 1.61 bits per heavy atom. The van der Waals surface area contributed by atoms with Crippen molar-refractivity contribution < 1.29 is 19.4 Å². The van der Waals surface area contributed by atoms with E-state index < -0.39 is 5.97 Å². The van der Waals surface area contributed by atoms with Gasteiger partial charge in [0.15, 0.2) is 6.29 Å². The Bertz CT molecular complexity index is 428. The van der Waals surface area contributed by atoms with E-state index in [4.69, 9.17) is 14.6 Å². The molecule has 0 saturated heterocycles. The van der Waals surface area contributed by atoms with E-state index in [2.05, 4.69) is 6.92 Å². The van der Waals surface area contributed by atoms with Crippen LogP contribution in [0.15, 0.2) is 24.3 Å². The minimum absolute atomic E-state index is 0.259. The summed E-state index contributed by atoms with van der Waals surface area (Å²) in [4.78, 5) is 10.8. The molecule has 4 nitrogen and oxygen atoms in total. The Balaban J connectivity index is 2.20. The summed E-state index contributed by atoms with van der Waals surface area (Å²) in [6, 6.07) is 6.42. The number of benzene rings is 1. The Labute approximate surface area is 139 Å². The van der Waals surface area contributed by atoms with Crippen molar-refractivity contribution in [2.45, 2.75) is 71.5 Å². The van der Waals surface area contributed by atoms with Gasteiger partial charge in [-0.25, -0.2) is 4.79 Å². The molecule has 1 atom stereocenters. The maximum Gasteiger partial charge on any atom is 0.335 e. The number of carboxylic acids is 1. The van der Waals surface area contributed by atoms with Crippen LogP contribution < -0.4 is 4.74 Å². The fourth-order valence-corrected chi connectivity index (χ4v) is 2.34. The minimum Gasteiger partial charge on any atom is -0.478 e. The van der Waals surface area contributed by atoms with Crippen molar-refractivity contribution in [3.8, 4) is 5.75 Å². The first-order valence-corrected chi connectivity index (χ1v) is 8.79. The summed E-state index contributed by atoms with van der Waals surface area (Å²) < 4.78 is 11.5. The molecule has 0 amide bonds. The first-order valence-electron chi connectivity index (χ1n) is 8.79. The predicted molar refractivity (Wildman–Crippen MR) is 92.1 cm³/mol. The first-order chi connectivity index (χ1) is 11.2. The van der Waals surface area contributed by atoms with Gasteiger partial charge in [0, 0.05) is 6.42 Å². The Morgan fingerprint density at radius 3 is 2.17 bits per heavy atom. The topological polar surface area (TPSA) is 55.8 Å². The number of ether oxygens (including phenoxy) is 2. The molecule has 0 aliphatic rings. The van der Waals surface area contributed by atoms with Gasteiger partial charge >= 0.3 is 5.97 Å². The summed E-state index contributed by atoms with van der Waals surface area (Å²) in [5.41, 5.74) is 0.259. The van der Waals surface area contributed by atoms with Gasteiger partial charge in [0.05, 0.1) is 12.2 Å². The monoisotopic (exact) mass is 322 g/mol. The smallest absolute Gasteiger partial charge is 0.335 e. The van der Waals surface area contributed by atoms with Crippen molar-refractivity contribution in [3.05, 3.63) is 29.8 Å². The summed E-state index contributed by atoms with van der Waals surface area (Å²) in [5, 5.41) is 8.87. The lowest BCUT2D eigenvalue weighted by molar-refractivity contribution is -0.0825. The second-order valence-corrected chi connectivity index (χ2v) is 5.78. The molecular formula is C19H30O4. The second kappa shape index (κ2) is 11.9. The van der Waals surface area contributed by atoms with E-state index in [0.717, 1.165) is 12.8 Å². The number of carboxylic acid groups (broad SMARTS) is 1. The molecule has 1 aromatic rings. The number of aromatic carboxylic acids is 1. The van der Waals surface area contributed by atoms with Crippen LogP contribution in [-0.2, 0) is 4.74 Å². The minimum atomic E-state index is -0.932. The Morgan fingerprint density at radius 1 is 1.00 bits per heavy atom. The first kappa shape index (κ1) is 19.5. The molecule has 0 bridgehead atoms. The third-order valence-electron chi connectivity index (χ3n) is 3.75. The Hall–Kier alpha value is -1.55. The molecule has 23 heavy (non-hydrogen) atoms. The molecule has 130 valence electrons. The van der Waals surface area contributed by atoms with Crippen LogP contribution in [0.5, 0.6) is 5.75 Å². The molecule has 1 N–H and O–H groups in total. The van der Waals surface area contributed by atoms with E-state index in [9.17, 15) is 4.79 Å². The fraction of sp³-hybridized carbons (Fsp3) is 0.632. The molecule has 1 aromatic carbocycles. The predicted octanol–water partition coefficient (Wildman–Crippen LogP) is 5.27. The summed E-state index contributed by atoms with van der Waals surface area (Å²) >= 11 is 0. The van der Waals surface area contributed by atoms with Crippen LogP contribution in [0.3, 0.4) is 0 Å². The van der Waals surface area contributed by atoms with E-state index in [1.165, 1.54) is 38.5 Å². The SMILES string of the molecule is CCCCCCCCCOC(CC)Oc1ccc(C(=O)O)cc1. The molecule has 0 heterocycles. The zero-order valence-electron chi connectivity index (χ0n) is 14.4. The number of carbonyl (C=O) groups is 1. The van der Waals surface area contributed by atoms with Crippen molar-refractivity contribution in [2.75, 3.05) is 6.61 Å². The van der Waals surface area contributed by atoms with Crippen molar-refractivity contribution in [1.29, 1.82) is 0 Å². The van der Waals surface area contributed by atoms with Crippen molar-refractivity contribution in [3.63, 3.8) is 0 Å². The molecule has 0 saturated carbocycles. The number of hydrogen-bond donors (Lipinski definition) is 1. The van der Waals surface area contributed by atoms with Crippen LogP contribution in [0.25, 0.3) is 0 Å². The normalized spacial score (nSPS) is 12.1. The zero-order chi connectivity index (χ0) is 16.9. The second-order valence-electron chi connectivity index (χ2n) is 5.78. The molecule has 0 radical (unpaired) electrons. The number of hydrogen-bond acceptors (Lipinski definition) is 3. The van der Waals surface area contributed by atoms with Crippen LogP contribution >= 0.6 is 0 Å². The van der Waals surface area contributed by atoms with Crippen molar-refractivity contribution >= 4 is 5.97 Å². The van der Waals surface area contributed by atoms with E-state index >= 15 is 0 Å². The molecule has 0 fully saturated rings. The van der Waals surface area contributed by atoms with E-state index in [1.807, 2.05) is 6.92 Å². The van der Waals surface area contributed by atoms with Gasteiger partial charge in [-0.1, -0.05) is 52.4 Å². The van der Waals surface area contributed by atoms with Gasteiger partial charge in [0.1, 0.15) is 5.75 Å². The average Bonchev–Trinajstić information content (AvgIpc) is 2.56. The third kappa shape index (κ3) is 8.60. The summed E-state index contributed by atoms with van der Waals surface area (Å²) in [5.74, 6) is -0.291. The van der Waals surface area contributed by atoms with Gasteiger partial charge in [-0.3, -0.25) is 0 Å². The quantitative estimate of drug-likeness (QED) is 0.397. The van der Waals surface area contributed by atoms with Crippen LogP contribution in [0, 0.1) is 0 Å². The molecule has 4 heteroatoms. The van der Waals surface area contributed by atoms with Crippen molar-refractivity contribution in [2.24, 2.45) is 0 Å². The zero-order valence-corrected chi connectivity index (χ0v) is 14.4. The van der Waals surface area contributed by atoms with E-state index in [-0.39, 0.29) is 11.9 Å². The molecular weight excluding hydrogens is 292 g/mol. The van der Waals surface area contributed by atoms with Crippen LogP contribution in [-0.4, -0.2) is 24.0 Å². The van der Waals surface area contributed by atoms with Gasteiger partial charge in [0.2, 0.25) is 0 Å². The molecule has 1 unspecified atom stereocenters. The molecule has 0 aromatic heterocycles. The highest BCUT2D eigenvalue weighted by Gasteiger charge is 2.09. The van der Waals surface area contributed by atoms with Gasteiger partial charge in [-0.15, -0.1) is 0 Å². The van der Waals surface area contributed by atoms with Gasteiger partial charge in [0.25, 0.3) is 0 Å².